The van der Waals surface area contributed by atoms with E-state index in [2.05, 4.69) is 0 Å². The molecule has 0 unspecified atom stereocenters. The van der Waals surface area contributed by atoms with Crippen molar-refractivity contribution in [2.75, 3.05) is 4.90 Å². The minimum absolute atomic E-state index is 0.332. The van der Waals surface area contributed by atoms with E-state index in [0.717, 1.165) is 20.6 Å². The van der Waals surface area contributed by atoms with Crippen LogP contribution >= 0.6 is 20.7 Å². The second-order valence-electron chi connectivity index (χ2n) is 6.42. The first-order valence-electron chi connectivity index (χ1n) is 7.73. The van der Waals surface area contributed by atoms with Gasteiger partial charge in [0.1, 0.15) is 18.0 Å². The Kier molecular flexibility index (Phi) is 4.89. The Morgan fingerprint density at radius 2 is 1.83 bits per heavy atom. The van der Waals surface area contributed by atoms with Gasteiger partial charge in [-0.3, -0.25) is 0 Å². The van der Waals surface area contributed by atoms with Gasteiger partial charge in [0.15, 0.2) is 0 Å². The van der Waals surface area contributed by atoms with Crippen molar-refractivity contribution >= 4 is 36.6 Å². The second-order valence-corrected chi connectivity index (χ2v) is 8.68. The highest BCUT2D eigenvalue weighted by Crippen LogP contribution is 2.39. The summed E-state index contributed by atoms with van der Waals surface area (Å²) < 4.78 is 14.5. The van der Waals surface area contributed by atoms with Gasteiger partial charge in [-0.15, -0.1) is 0 Å². The van der Waals surface area contributed by atoms with Gasteiger partial charge in [0.25, 0.3) is 0 Å². The van der Waals surface area contributed by atoms with Gasteiger partial charge in [-0.2, -0.15) is 0 Å². The lowest BCUT2D eigenvalue weighted by Crippen LogP contribution is -2.34. The predicted molar refractivity (Wildman–Crippen MR) is 105 cm³/mol. The van der Waals surface area contributed by atoms with Crippen LogP contribution in [-0.4, -0.2) is 15.8 Å². The monoisotopic (exact) mass is 437 g/mol. The lowest BCUT2D eigenvalue weighted by Gasteiger charge is -2.23. The van der Waals surface area contributed by atoms with Gasteiger partial charge in [0.05, 0.1) is 9.26 Å². The number of carbonyl (C=O) groups is 1. The predicted octanol–water partition coefficient (Wildman–Crippen LogP) is 4.92. The minimum Gasteiger partial charge on any atom is -0.488 e. The van der Waals surface area contributed by atoms with Gasteiger partial charge < -0.3 is 9.47 Å². The molecule has 126 valence electrons. The SMILES string of the molecule is CC(C)(C)OC(=O)N1C=Ic2c(OCc3ccccc3)cccc21. The van der Waals surface area contributed by atoms with Crippen LogP contribution in [0.3, 0.4) is 0 Å². The van der Waals surface area contributed by atoms with Gasteiger partial charge in [-0.1, -0.05) is 57.1 Å². The zero-order chi connectivity index (χ0) is 17.2. The van der Waals surface area contributed by atoms with Crippen LogP contribution in [0.1, 0.15) is 26.3 Å². The van der Waals surface area contributed by atoms with E-state index in [0.29, 0.717) is 6.61 Å². The number of hydrogen-bond donors (Lipinski definition) is 0. The summed E-state index contributed by atoms with van der Waals surface area (Å²) in [7, 11) is 0. The summed E-state index contributed by atoms with van der Waals surface area (Å²) in [5.74, 6) is 0.853. The zero-order valence-electron chi connectivity index (χ0n) is 14.0. The molecule has 0 fully saturated rings. The van der Waals surface area contributed by atoms with E-state index in [1.807, 2.05) is 73.4 Å². The van der Waals surface area contributed by atoms with Crippen LogP contribution in [0.25, 0.3) is 0 Å². The summed E-state index contributed by atoms with van der Waals surface area (Å²) in [4.78, 5) is 14.0. The lowest BCUT2D eigenvalue weighted by atomic mass is 10.2. The number of halogens is 1. The van der Waals surface area contributed by atoms with Gasteiger partial charge >= 0.3 is 6.09 Å². The van der Waals surface area contributed by atoms with Gasteiger partial charge in [0.2, 0.25) is 0 Å². The highest BCUT2D eigenvalue weighted by molar-refractivity contribution is 14.2. The summed E-state index contributed by atoms with van der Waals surface area (Å²) in [5.41, 5.74) is 1.50. The molecule has 4 nitrogen and oxygen atoms in total. The van der Waals surface area contributed by atoms with E-state index < -0.39 is 26.3 Å². The number of fused-ring (bicyclic) bond motifs is 1. The molecule has 2 aromatic carbocycles. The molecule has 0 aliphatic carbocycles. The third-order valence-corrected chi connectivity index (χ3v) is 5.83. The molecule has 0 N–H and O–H groups in total. The second kappa shape index (κ2) is 6.93. The van der Waals surface area contributed by atoms with E-state index in [-0.39, 0.29) is 6.09 Å². The number of nitrogens with zero attached hydrogens (tertiary/aromatic N) is 1. The number of anilines is 1. The fourth-order valence-corrected chi connectivity index (χ4v) is 4.73. The molecule has 0 bridgehead atoms. The molecule has 1 heterocycles. The lowest BCUT2D eigenvalue weighted by molar-refractivity contribution is 0.0606. The first kappa shape index (κ1) is 17.0. The molecule has 0 spiro atoms. The zero-order valence-corrected chi connectivity index (χ0v) is 16.1. The van der Waals surface area contributed by atoms with Crippen molar-refractivity contribution in [3.8, 4) is 5.75 Å². The standard InChI is InChI=1S/C19H20INO3/c1-19(2,3)24-18(22)21-13-20-17-15(21)10-7-11-16(17)23-12-14-8-5-4-6-9-14/h4-11,13H,12H2,1-3H3. The Morgan fingerprint density at radius 1 is 1.08 bits per heavy atom. The summed E-state index contributed by atoms with van der Waals surface area (Å²) >= 11 is -0.423. The fraction of sp³-hybridized carbons (Fsp3) is 0.263. The Balaban J connectivity index is 1.77. The number of amides is 1. The number of benzene rings is 2. The molecule has 0 saturated heterocycles. The van der Waals surface area contributed by atoms with Crippen LogP contribution in [0.5, 0.6) is 5.75 Å². The summed E-state index contributed by atoms with van der Waals surface area (Å²) in [6.45, 7) is 6.14. The third kappa shape index (κ3) is 3.95. The van der Waals surface area contributed by atoms with E-state index in [1.165, 1.54) is 0 Å². The number of carbonyl (C=O) groups excluding carboxylic acids is 1. The number of hydrogen-bond acceptors (Lipinski definition) is 3. The minimum atomic E-state index is -0.507. The van der Waals surface area contributed by atoms with Crippen LogP contribution in [0.15, 0.2) is 48.5 Å². The maximum Gasteiger partial charge on any atom is 0.419 e. The topological polar surface area (TPSA) is 38.8 Å². The molecule has 0 radical (unpaired) electrons. The molecule has 0 aromatic heterocycles. The molecule has 1 amide bonds. The maximum absolute atomic E-state index is 12.4. The average molecular weight is 437 g/mol. The van der Waals surface area contributed by atoms with Crippen molar-refractivity contribution in [3.63, 3.8) is 0 Å². The van der Waals surface area contributed by atoms with E-state index in [4.69, 9.17) is 9.47 Å². The first-order valence-corrected chi connectivity index (χ1v) is 10.1. The quantitative estimate of drug-likeness (QED) is 0.640. The Bertz CT molecular complexity index is 766. The number of rotatable bonds is 3. The van der Waals surface area contributed by atoms with Crippen LogP contribution < -0.4 is 9.64 Å². The van der Waals surface area contributed by atoms with Crippen molar-refractivity contribution in [3.05, 3.63) is 57.7 Å². The van der Waals surface area contributed by atoms with Crippen LogP contribution in [0, 0.1) is 3.57 Å². The van der Waals surface area contributed by atoms with Gasteiger partial charge in [-0.25, -0.2) is 9.69 Å². The van der Waals surface area contributed by atoms with E-state index in [9.17, 15) is 4.79 Å². The largest absolute Gasteiger partial charge is 0.488 e. The smallest absolute Gasteiger partial charge is 0.419 e. The maximum atomic E-state index is 12.4. The highest BCUT2D eigenvalue weighted by Gasteiger charge is 2.27. The molecule has 5 heteroatoms. The van der Waals surface area contributed by atoms with Crippen LogP contribution in [0.2, 0.25) is 0 Å². The average Bonchev–Trinajstić information content (AvgIpc) is 2.97. The molecule has 1 aliphatic rings. The summed E-state index contributed by atoms with van der Waals surface area (Å²) in [6, 6.07) is 15.9. The Labute approximate surface area is 152 Å². The normalized spacial score (nSPS) is 13.2. The number of ether oxygens (including phenoxy) is 2. The molecule has 3 rings (SSSR count). The highest BCUT2D eigenvalue weighted by atomic mass is 127. The molecule has 1 aliphatic heterocycles. The first-order chi connectivity index (χ1) is 11.4. The van der Waals surface area contributed by atoms with E-state index in [1.54, 1.807) is 4.90 Å². The molecule has 0 saturated carbocycles. The van der Waals surface area contributed by atoms with Gasteiger partial charge in [0, 0.05) is 4.14 Å². The van der Waals surface area contributed by atoms with Crippen molar-refractivity contribution in [1.29, 1.82) is 0 Å². The van der Waals surface area contributed by atoms with Crippen molar-refractivity contribution < 1.29 is 14.3 Å². The molecule has 24 heavy (non-hydrogen) atoms. The van der Waals surface area contributed by atoms with Crippen LogP contribution in [0.4, 0.5) is 10.5 Å². The van der Waals surface area contributed by atoms with Crippen molar-refractivity contribution in [2.24, 2.45) is 0 Å². The summed E-state index contributed by atoms with van der Waals surface area (Å²) in [6.07, 6.45) is -0.332. The van der Waals surface area contributed by atoms with Crippen molar-refractivity contribution in [1.82, 2.24) is 0 Å². The summed E-state index contributed by atoms with van der Waals surface area (Å²) in [5, 5.41) is 0. The van der Waals surface area contributed by atoms with Crippen LogP contribution in [-0.2, 0) is 11.3 Å². The Hall–Kier alpha value is -1.89. The molecular weight excluding hydrogens is 417 g/mol. The third-order valence-electron chi connectivity index (χ3n) is 3.29. The molecular formula is C19H20INO3. The fourth-order valence-electron chi connectivity index (χ4n) is 2.24. The van der Waals surface area contributed by atoms with Crippen molar-refractivity contribution in [2.45, 2.75) is 33.0 Å². The van der Waals surface area contributed by atoms with Gasteiger partial charge in [-0.05, 0) is 38.5 Å². The molecule has 0 atom stereocenters. The Morgan fingerprint density at radius 3 is 2.54 bits per heavy atom. The molecule has 2 aromatic rings. The van der Waals surface area contributed by atoms with E-state index >= 15 is 0 Å².